The smallest absolute Gasteiger partial charge is 0.270 e. The molecule has 2 aromatic rings. The lowest BCUT2D eigenvalue weighted by Crippen LogP contribution is -1.98. The molecule has 2 rings (SSSR count). The quantitative estimate of drug-likeness (QED) is 0.746. The summed E-state index contributed by atoms with van der Waals surface area (Å²) in [5.41, 5.74) is 12.0. The van der Waals surface area contributed by atoms with E-state index in [9.17, 15) is 0 Å². The molecular weight excluding hydrogens is 204 g/mol. The Labute approximate surface area is 92.1 Å². The molecule has 0 spiro atoms. The summed E-state index contributed by atoms with van der Waals surface area (Å²) in [5, 5.41) is 7.80. The van der Waals surface area contributed by atoms with E-state index in [4.69, 9.17) is 11.5 Å². The van der Waals surface area contributed by atoms with Crippen molar-refractivity contribution >= 4 is 23.1 Å². The molecule has 0 saturated heterocycles. The summed E-state index contributed by atoms with van der Waals surface area (Å²) in [7, 11) is 0. The first kappa shape index (κ1) is 10.0. The molecule has 0 unspecified atom stereocenters. The van der Waals surface area contributed by atoms with Crippen LogP contribution in [0, 0.1) is 0 Å². The number of anilines is 2. The minimum Gasteiger partial charge on any atom is -0.394 e. The second-order valence-corrected chi connectivity index (χ2v) is 3.05. The number of nitrogens with zero attached hydrogens (tertiary/aromatic N) is 4. The Kier molecular flexibility index (Phi) is 2.73. The van der Waals surface area contributed by atoms with Crippen LogP contribution in [0.4, 0.5) is 23.1 Å². The minimum absolute atomic E-state index is 0.190. The average molecular weight is 214 g/mol. The summed E-state index contributed by atoms with van der Waals surface area (Å²) in [6, 6.07) is 9.28. The molecule has 4 N–H and O–H groups in total. The van der Waals surface area contributed by atoms with Crippen molar-refractivity contribution in [3.05, 3.63) is 36.5 Å². The fourth-order valence-corrected chi connectivity index (χ4v) is 1.04. The summed E-state index contributed by atoms with van der Waals surface area (Å²) < 4.78 is 0. The monoisotopic (exact) mass is 214 g/mol. The summed E-state index contributed by atoms with van der Waals surface area (Å²) in [5.74, 6) is 0.396. The van der Waals surface area contributed by atoms with Crippen LogP contribution in [-0.4, -0.2) is 9.97 Å². The molecule has 6 heteroatoms. The van der Waals surface area contributed by atoms with E-state index >= 15 is 0 Å². The molecule has 6 nitrogen and oxygen atoms in total. The summed E-state index contributed by atoms with van der Waals surface area (Å²) in [4.78, 5) is 7.75. The number of aromatic nitrogens is 2. The molecular formula is C10H10N6. The van der Waals surface area contributed by atoms with Gasteiger partial charge in [0.2, 0.25) is 0 Å². The maximum absolute atomic E-state index is 5.51. The Morgan fingerprint density at radius 1 is 1.00 bits per heavy atom. The van der Waals surface area contributed by atoms with Gasteiger partial charge in [-0.3, -0.25) is 0 Å². The standard InChI is InChI=1S/C10H10N6/c11-8-6-13-10(14-9(8)12)16-15-7-4-2-1-3-5-7/h1-6H,11H2,(H2,12,13,14). The lowest BCUT2D eigenvalue weighted by Gasteiger charge is -1.97. The van der Waals surface area contributed by atoms with E-state index in [-0.39, 0.29) is 11.8 Å². The number of azo groups is 1. The molecule has 0 amide bonds. The van der Waals surface area contributed by atoms with Gasteiger partial charge in [-0.1, -0.05) is 18.2 Å². The maximum Gasteiger partial charge on any atom is 0.270 e. The van der Waals surface area contributed by atoms with Crippen molar-refractivity contribution in [2.45, 2.75) is 0 Å². The number of nitrogens with two attached hydrogens (primary N) is 2. The van der Waals surface area contributed by atoms with Crippen LogP contribution >= 0.6 is 0 Å². The molecule has 0 saturated carbocycles. The predicted molar refractivity (Wildman–Crippen MR) is 61.5 cm³/mol. The second kappa shape index (κ2) is 4.35. The van der Waals surface area contributed by atoms with Crippen LogP contribution in [0.15, 0.2) is 46.8 Å². The third kappa shape index (κ3) is 2.30. The average Bonchev–Trinajstić information content (AvgIpc) is 2.32. The zero-order valence-electron chi connectivity index (χ0n) is 8.41. The first-order valence-electron chi connectivity index (χ1n) is 4.60. The van der Waals surface area contributed by atoms with Gasteiger partial charge in [-0.05, 0) is 12.1 Å². The Morgan fingerprint density at radius 2 is 1.75 bits per heavy atom. The van der Waals surface area contributed by atoms with E-state index < -0.39 is 0 Å². The van der Waals surface area contributed by atoms with Crippen molar-refractivity contribution in [2.24, 2.45) is 10.2 Å². The summed E-state index contributed by atoms with van der Waals surface area (Å²) in [6.07, 6.45) is 1.40. The van der Waals surface area contributed by atoms with Crippen molar-refractivity contribution in [2.75, 3.05) is 11.5 Å². The summed E-state index contributed by atoms with van der Waals surface area (Å²) >= 11 is 0. The number of hydrogen-bond donors (Lipinski definition) is 2. The van der Waals surface area contributed by atoms with Crippen molar-refractivity contribution in [1.82, 2.24) is 9.97 Å². The van der Waals surface area contributed by atoms with Gasteiger partial charge in [0.15, 0.2) is 5.82 Å². The van der Waals surface area contributed by atoms with Crippen LogP contribution in [0.2, 0.25) is 0 Å². The van der Waals surface area contributed by atoms with Crippen molar-refractivity contribution in [3.8, 4) is 0 Å². The predicted octanol–water partition coefficient (Wildman–Crippen LogP) is 2.06. The van der Waals surface area contributed by atoms with Crippen LogP contribution in [0.5, 0.6) is 0 Å². The van der Waals surface area contributed by atoms with E-state index in [2.05, 4.69) is 20.2 Å². The third-order valence-electron chi connectivity index (χ3n) is 1.85. The van der Waals surface area contributed by atoms with Gasteiger partial charge in [0.05, 0.1) is 17.6 Å². The van der Waals surface area contributed by atoms with Gasteiger partial charge in [0.25, 0.3) is 5.95 Å². The fourth-order valence-electron chi connectivity index (χ4n) is 1.04. The Morgan fingerprint density at radius 3 is 2.44 bits per heavy atom. The lowest BCUT2D eigenvalue weighted by molar-refractivity contribution is 1.07. The summed E-state index contributed by atoms with van der Waals surface area (Å²) in [6.45, 7) is 0. The van der Waals surface area contributed by atoms with Crippen LogP contribution < -0.4 is 11.5 Å². The van der Waals surface area contributed by atoms with E-state index in [1.54, 1.807) is 0 Å². The zero-order valence-corrected chi connectivity index (χ0v) is 8.41. The normalized spacial score (nSPS) is 10.8. The first-order valence-corrected chi connectivity index (χ1v) is 4.60. The van der Waals surface area contributed by atoms with E-state index in [0.29, 0.717) is 5.69 Å². The van der Waals surface area contributed by atoms with Gasteiger partial charge < -0.3 is 11.5 Å². The third-order valence-corrected chi connectivity index (χ3v) is 1.85. The van der Waals surface area contributed by atoms with Gasteiger partial charge in [-0.2, -0.15) is 4.98 Å². The molecule has 0 aliphatic carbocycles. The molecule has 16 heavy (non-hydrogen) atoms. The van der Waals surface area contributed by atoms with Crippen LogP contribution in [-0.2, 0) is 0 Å². The van der Waals surface area contributed by atoms with Crippen molar-refractivity contribution in [3.63, 3.8) is 0 Å². The number of rotatable bonds is 2. The van der Waals surface area contributed by atoms with Gasteiger partial charge in [-0.15, -0.1) is 10.2 Å². The molecule has 1 aromatic carbocycles. The van der Waals surface area contributed by atoms with E-state index in [1.165, 1.54) is 6.20 Å². The molecule has 1 heterocycles. The maximum atomic E-state index is 5.51. The minimum atomic E-state index is 0.190. The molecule has 0 aliphatic heterocycles. The highest BCUT2D eigenvalue weighted by atomic mass is 15.2. The molecule has 0 bridgehead atoms. The number of benzene rings is 1. The highest BCUT2D eigenvalue weighted by Crippen LogP contribution is 2.17. The van der Waals surface area contributed by atoms with Gasteiger partial charge >= 0.3 is 0 Å². The van der Waals surface area contributed by atoms with Crippen molar-refractivity contribution in [1.29, 1.82) is 0 Å². The lowest BCUT2D eigenvalue weighted by atomic mass is 10.3. The number of hydrogen-bond acceptors (Lipinski definition) is 6. The fraction of sp³-hybridized carbons (Fsp3) is 0. The molecule has 0 fully saturated rings. The highest BCUT2D eigenvalue weighted by Gasteiger charge is 1.98. The van der Waals surface area contributed by atoms with Crippen LogP contribution in [0.1, 0.15) is 0 Å². The highest BCUT2D eigenvalue weighted by molar-refractivity contribution is 5.57. The second-order valence-electron chi connectivity index (χ2n) is 3.05. The SMILES string of the molecule is Nc1cnc(N=Nc2ccccc2)nc1N. The Bertz CT molecular complexity index is 508. The van der Waals surface area contributed by atoms with Crippen molar-refractivity contribution < 1.29 is 0 Å². The van der Waals surface area contributed by atoms with Crippen LogP contribution in [0.3, 0.4) is 0 Å². The molecule has 80 valence electrons. The van der Waals surface area contributed by atoms with Gasteiger partial charge in [0.1, 0.15) is 0 Å². The molecule has 0 radical (unpaired) electrons. The zero-order chi connectivity index (χ0) is 11.4. The number of nitrogen functional groups attached to an aromatic ring is 2. The van der Waals surface area contributed by atoms with E-state index in [0.717, 1.165) is 5.69 Å². The largest absolute Gasteiger partial charge is 0.394 e. The van der Waals surface area contributed by atoms with E-state index in [1.807, 2.05) is 30.3 Å². The van der Waals surface area contributed by atoms with Gasteiger partial charge in [-0.25, -0.2) is 4.98 Å². The molecule has 0 atom stereocenters. The van der Waals surface area contributed by atoms with Gasteiger partial charge in [0, 0.05) is 0 Å². The molecule has 1 aromatic heterocycles. The topological polar surface area (TPSA) is 103 Å². The Balaban J connectivity index is 2.21. The Hall–Kier alpha value is -2.50. The molecule has 0 aliphatic rings. The first-order chi connectivity index (χ1) is 7.75. The van der Waals surface area contributed by atoms with Crippen LogP contribution in [0.25, 0.3) is 0 Å².